The number of carbonyl (C=O) groups is 1. The Bertz CT molecular complexity index is 280. The Morgan fingerprint density at radius 2 is 1.65 bits per heavy atom. The molecule has 1 aliphatic carbocycles. The Balaban J connectivity index is 2.70. The second-order valence-corrected chi connectivity index (χ2v) is 5.83. The van der Waals surface area contributed by atoms with E-state index in [0.29, 0.717) is 6.42 Å². The van der Waals surface area contributed by atoms with Crippen LogP contribution in [0.15, 0.2) is 0 Å². The monoisotopic (exact) mass is 251 g/mol. The zero-order valence-electron chi connectivity index (χ0n) is 10.5. The van der Waals surface area contributed by atoms with E-state index in [0.717, 1.165) is 19.3 Å². The largest absolute Gasteiger partial charge is 0.471 e. The molecule has 1 aliphatic rings. The summed E-state index contributed by atoms with van der Waals surface area (Å²) in [6.07, 6.45) is -1.34. The van der Waals surface area contributed by atoms with Crippen LogP contribution in [-0.4, -0.2) is 18.1 Å². The maximum atomic E-state index is 12.2. The van der Waals surface area contributed by atoms with Gasteiger partial charge in [-0.3, -0.25) is 4.79 Å². The van der Waals surface area contributed by atoms with Crippen LogP contribution in [0.25, 0.3) is 0 Å². The van der Waals surface area contributed by atoms with Gasteiger partial charge in [-0.25, -0.2) is 0 Å². The van der Waals surface area contributed by atoms with Crippen LogP contribution in [-0.2, 0) is 4.79 Å². The van der Waals surface area contributed by atoms with Gasteiger partial charge < -0.3 is 5.32 Å². The van der Waals surface area contributed by atoms with E-state index in [1.54, 1.807) is 0 Å². The van der Waals surface area contributed by atoms with Gasteiger partial charge in [-0.2, -0.15) is 13.2 Å². The van der Waals surface area contributed by atoms with E-state index in [4.69, 9.17) is 0 Å². The summed E-state index contributed by atoms with van der Waals surface area (Å²) in [4.78, 5) is 11.0. The minimum atomic E-state index is -4.78. The first-order chi connectivity index (χ1) is 7.62. The molecule has 0 aromatic carbocycles. The summed E-state index contributed by atoms with van der Waals surface area (Å²) in [7, 11) is 0. The lowest BCUT2D eigenvalue weighted by Crippen LogP contribution is -2.50. The van der Waals surface area contributed by atoms with E-state index in [-0.39, 0.29) is 17.4 Å². The van der Waals surface area contributed by atoms with Crippen molar-refractivity contribution in [1.29, 1.82) is 0 Å². The van der Waals surface area contributed by atoms with E-state index in [2.05, 4.69) is 5.32 Å². The zero-order valence-corrected chi connectivity index (χ0v) is 10.5. The van der Waals surface area contributed by atoms with Gasteiger partial charge in [-0.15, -0.1) is 0 Å². The lowest BCUT2D eigenvalue weighted by atomic mass is 9.69. The topological polar surface area (TPSA) is 29.1 Å². The van der Waals surface area contributed by atoms with Gasteiger partial charge in [0.15, 0.2) is 0 Å². The number of rotatable bonds is 1. The highest BCUT2D eigenvalue weighted by Crippen LogP contribution is 2.38. The molecule has 0 bridgehead atoms. The molecular formula is C12H20F3NO. The predicted molar refractivity (Wildman–Crippen MR) is 59.4 cm³/mol. The SMILES string of the molecule is CC(C)(C)C1CCCCC1NC(=O)C(F)(F)F. The molecule has 2 unspecified atom stereocenters. The molecule has 0 aromatic rings. The van der Waals surface area contributed by atoms with Crippen LogP contribution in [0.5, 0.6) is 0 Å². The number of hydrogen-bond donors (Lipinski definition) is 1. The van der Waals surface area contributed by atoms with Crippen LogP contribution >= 0.6 is 0 Å². The molecule has 0 heterocycles. The molecule has 0 radical (unpaired) electrons. The number of alkyl halides is 3. The molecule has 0 spiro atoms. The minimum Gasteiger partial charge on any atom is -0.345 e. The van der Waals surface area contributed by atoms with Gasteiger partial charge in [-0.05, 0) is 24.2 Å². The average molecular weight is 251 g/mol. The standard InChI is InChI=1S/C12H20F3NO/c1-11(2,3)8-6-4-5-7-9(8)16-10(17)12(13,14)15/h8-9H,4-7H2,1-3H3,(H,16,17). The average Bonchev–Trinajstić information content (AvgIpc) is 2.15. The fourth-order valence-corrected chi connectivity index (χ4v) is 2.59. The molecule has 1 fully saturated rings. The van der Waals surface area contributed by atoms with Crippen molar-refractivity contribution in [3.63, 3.8) is 0 Å². The van der Waals surface area contributed by atoms with E-state index < -0.39 is 12.1 Å². The second kappa shape index (κ2) is 4.86. The molecule has 1 rings (SSSR count). The summed E-state index contributed by atoms with van der Waals surface area (Å²) in [6.45, 7) is 6.03. The molecule has 0 aromatic heterocycles. The third-order valence-corrected chi connectivity index (χ3v) is 3.45. The van der Waals surface area contributed by atoms with Gasteiger partial charge in [0.1, 0.15) is 0 Å². The van der Waals surface area contributed by atoms with Gasteiger partial charge in [0.05, 0.1) is 0 Å². The van der Waals surface area contributed by atoms with Crippen molar-refractivity contribution < 1.29 is 18.0 Å². The Labute approximate surface area is 100.0 Å². The number of carbonyl (C=O) groups excluding carboxylic acids is 1. The fraction of sp³-hybridized carbons (Fsp3) is 0.917. The van der Waals surface area contributed by atoms with E-state index >= 15 is 0 Å². The van der Waals surface area contributed by atoms with Crippen molar-refractivity contribution in [1.82, 2.24) is 5.32 Å². The quantitative estimate of drug-likeness (QED) is 0.761. The number of hydrogen-bond acceptors (Lipinski definition) is 1. The lowest BCUT2D eigenvalue weighted by molar-refractivity contribution is -0.175. The number of halogens is 3. The van der Waals surface area contributed by atoms with E-state index in [1.807, 2.05) is 20.8 Å². The summed E-state index contributed by atoms with van der Waals surface area (Å²) < 4.78 is 36.6. The van der Waals surface area contributed by atoms with Crippen LogP contribution in [0.3, 0.4) is 0 Å². The maximum absolute atomic E-state index is 12.2. The summed E-state index contributed by atoms with van der Waals surface area (Å²) >= 11 is 0. The first kappa shape index (κ1) is 14.3. The Kier molecular flexibility index (Phi) is 4.10. The molecule has 5 heteroatoms. The fourth-order valence-electron chi connectivity index (χ4n) is 2.59. The molecule has 100 valence electrons. The molecule has 1 saturated carbocycles. The van der Waals surface area contributed by atoms with Gasteiger partial charge in [0.2, 0.25) is 0 Å². The van der Waals surface area contributed by atoms with Crippen LogP contribution in [0.4, 0.5) is 13.2 Å². The maximum Gasteiger partial charge on any atom is 0.471 e. The molecular weight excluding hydrogens is 231 g/mol. The van der Waals surface area contributed by atoms with Crippen LogP contribution in [0.1, 0.15) is 46.5 Å². The van der Waals surface area contributed by atoms with Crippen molar-refractivity contribution in [3.05, 3.63) is 0 Å². The van der Waals surface area contributed by atoms with Crippen molar-refractivity contribution >= 4 is 5.91 Å². The number of nitrogens with one attached hydrogen (secondary N) is 1. The van der Waals surface area contributed by atoms with Gasteiger partial charge in [-0.1, -0.05) is 33.6 Å². The van der Waals surface area contributed by atoms with Gasteiger partial charge >= 0.3 is 12.1 Å². The highest BCUT2D eigenvalue weighted by molar-refractivity contribution is 5.81. The molecule has 1 amide bonds. The molecule has 2 atom stereocenters. The van der Waals surface area contributed by atoms with Crippen molar-refractivity contribution in [3.8, 4) is 0 Å². The van der Waals surface area contributed by atoms with Crippen LogP contribution in [0, 0.1) is 11.3 Å². The highest BCUT2D eigenvalue weighted by atomic mass is 19.4. The lowest BCUT2D eigenvalue weighted by Gasteiger charge is -2.40. The normalized spacial score (nSPS) is 26.7. The molecule has 0 saturated heterocycles. The van der Waals surface area contributed by atoms with Gasteiger partial charge in [0.25, 0.3) is 0 Å². The van der Waals surface area contributed by atoms with Crippen LogP contribution in [0.2, 0.25) is 0 Å². The Morgan fingerprint density at radius 3 is 2.12 bits per heavy atom. The van der Waals surface area contributed by atoms with E-state index in [1.165, 1.54) is 0 Å². The Hall–Kier alpha value is -0.740. The van der Waals surface area contributed by atoms with Crippen molar-refractivity contribution in [2.45, 2.75) is 58.7 Å². The summed E-state index contributed by atoms with van der Waals surface area (Å²) in [5.74, 6) is -1.69. The smallest absolute Gasteiger partial charge is 0.345 e. The predicted octanol–water partition coefficient (Wildman–Crippen LogP) is 3.27. The minimum absolute atomic E-state index is 0.0794. The first-order valence-corrected chi connectivity index (χ1v) is 6.00. The summed E-state index contributed by atoms with van der Waals surface area (Å²) in [5, 5.41) is 2.15. The molecule has 0 aliphatic heterocycles. The number of amides is 1. The van der Waals surface area contributed by atoms with Crippen molar-refractivity contribution in [2.24, 2.45) is 11.3 Å². The van der Waals surface area contributed by atoms with E-state index in [9.17, 15) is 18.0 Å². The zero-order chi connectivity index (χ0) is 13.3. The highest BCUT2D eigenvalue weighted by Gasteiger charge is 2.42. The second-order valence-electron chi connectivity index (χ2n) is 5.83. The van der Waals surface area contributed by atoms with Crippen molar-refractivity contribution in [2.75, 3.05) is 0 Å². The molecule has 17 heavy (non-hydrogen) atoms. The first-order valence-electron chi connectivity index (χ1n) is 6.00. The molecule has 2 nitrogen and oxygen atoms in total. The third kappa shape index (κ3) is 3.89. The molecule has 1 N–H and O–H groups in total. The summed E-state index contributed by atoms with van der Waals surface area (Å²) in [5.41, 5.74) is -0.0794. The third-order valence-electron chi connectivity index (χ3n) is 3.45. The van der Waals surface area contributed by atoms with Crippen LogP contribution < -0.4 is 5.32 Å². The summed E-state index contributed by atoms with van der Waals surface area (Å²) in [6, 6.07) is -0.349. The Morgan fingerprint density at radius 1 is 1.12 bits per heavy atom. The van der Waals surface area contributed by atoms with Gasteiger partial charge in [0, 0.05) is 6.04 Å².